The van der Waals surface area contributed by atoms with Crippen molar-refractivity contribution >= 4 is 12.4 Å². The summed E-state index contributed by atoms with van der Waals surface area (Å²) >= 11 is 0. The lowest BCUT2D eigenvalue weighted by atomic mass is 9.94. The first-order chi connectivity index (χ1) is 9.08. The molecule has 0 aliphatic carbocycles. The Labute approximate surface area is 129 Å². The van der Waals surface area contributed by atoms with E-state index in [1.54, 1.807) is 0 Å². The van der Waals surface area contributed by atoms with Crippen molar-refractivity contribution in [2.45, 2.75) is 26.3 Å². The molecule has 0 unspecified atom stereocenters. The van der Waals surface area contributed by atoms with Crippen molar-refractivity contribution in [2.24, 2.45) is 0 Å². The van der Waals surface area contributed by atoms with Gasteiger partial charge in [-0.15, -0.1) is 12.4 Å². The molecule has 108 valence electrons. The average molecular weight is 290 g/mol. The molecule has 2 rings (SSSR count). The first-order valence-corrected chi connectivity index (χ1v) is 6.91. The van der Waals surface area contributed by atoms with Crippen LogP contribution in [0.3, 0.4) is 0 Å². The normalized spacial score (nSPS) is 10.7. The fourth-order valence-corrected chi connectivity index (χ4v) is 2.35. The second-order valence-corrected chi connectivity index (χ2v) is 5.68. The molecule has 0 amide bonds. The van der Waals surface area contributed by atoms with Gasteiger partial charge in [0.25, 0.3) is 0 Å². The van der Waals surface area contributed by atoms with Gasteiger partial charge < -0.3 is 4.90 Å². The number of benzene rings is 2. The molecule has 0 radical (unpaired) electrons. The Morgan fingerprint density at radius 3 is 2.30 bits per heavy atom. The molecular formula is C18H24ClN. The first kappa shape index (κ1) is 16.7. The molecule has 0 heterocycles. The molecule has 0 N–H and O–H groups in total. The van der Waals surface area contributed by atoms with Crippen LogP contribution in [0.2, 0.25) is 0 Å². The van der Waals surface area contributed by atoms with E-state index in [1.165, 1.54) is 22.3 Å². The lowest BCUT2D eigenvalue weighted by Crippen LogP contribution is -2.11. The molecule has 0 atom stereocenters. The number of nitrogens with zero attached hydrogens (tertiary/aromatic N) is 1. The third-order valence-corrected chi connectivity index (χ3v) is 3.37. The number of hydrogen-bond donors (Lipinski definition) is 0. The second kappa shape index (κ2) is 7.47. The summed E-state index contributed by atoms with van der Waals surface area (Å²) in [6, 6.07) is 17.6. The second-order valence-electron chi connectivity index (χ2n) is 5.68. The Bertz CT molecular complexity index is 547. The fourth-order valence-electron chi connectivity index (χ4n) is 2.35. The van der Waals surface area contributed by atoms with Gasteiger partial charge >= 0.3 is 0 Å². The van der Waals surface area contributed by atoms with Gasteiger partial charge in [0.1, 0.15) is 0 Å². The van der Waals surface area contributed by atoms with Crippen molar-refractivity contribution < 1.29 is 0 Å². The molecule has 0 saturated carbocycles. The molecule has 0 fully saturated rings. The minimum absolute atomic E-state index is 0. The van der Waals surface area contributed by atoms with Gasteiger partial charge in [0, 0.05) is 6.54 Å². The Hall–Kier alpha value is -1.31. The number of halogens is 1. The quantitative estimate of drug-likeness (QED) is 0.769. The third kappa shape index (κ3) is 4.09. The van der Waals surface area contributed by atoms with Crippen LogP contribution in [0.25, 0.3) is 11.1 Å². The van der Waals surface area contributed by atoms with Crippen LogP contribution < -0.4 is 0 Å². The van der Waals surface area contributed by atoms with Crippen molar-refractivity contribution in [2.75, 3.05) is 14.1 Å². The fraction of sp³-hybridized carbons (Fsp3) is 0.333. The lowest BCUT2D eigenvalue weighted by molar-refractivity contribution is 0.403. The first-order valence-electron chi connectivity index (χ1n) is 6.91. The highest BCUT2D eigenvalue weighted by Crippen LogP contribution is 2.27. The summed E-state index contributed by atoms with van der Waals surface area (Å²) in [6.45, 7) is 5.46. The Kier molecular flexibility index (Phi) is 6.25. The van der Waals surface area contributed by atoms with E-state index >= 15 is 0 Å². The van der Waals surface area contributed by atoms with E-state index in [0.717, 1.165) is 6.54 Å². The molecule has 2 aromatic rings. The van der Waals surface area contributed by atoms with Gasteiger partial charge in [-0.3, -0.25) is 0 Å². The maximum absolute atomic E-state index is 2.32. The average Bonchev–Trinajstić information content (AvgIpc) is 2.39. The van der Waals surface area contributed by atoms with E-state index in [-0.39, 0.29) is 12.4 Å². The van der Waals surface area contributed by atoms with E-state index in [9.17, 15) is 0 Å². The van der Waals surface area contributed by atoms with Crippen LogP contribution in [0.15, 0.2) is 48.5 Å². The number of rotatable bonds is 4. The molecule has 0 aromatic heterocycles. The summed E-state index contributed by atoms with van der Waals surface area (Å²) in [6.07, 6.45) is 0. The van der Waals surface area contributed by atoms with Gasteiger partial charge in [0.15, 0.2) is 0 Å². The van der Waals surface area contributed by atoms with Crippen LogP contribution >= 0.6 is 12.4 Å². The summed E-state index contributed by atoms with van der Waals surface area (Å²) < 4.78 is 0. The summed E-state index contributed by atoms with van der Waals surface area (Å²) in [5.74, 6) is 0.570. The Morgan fingerprint density at radius 1 is 0.950 bits per heavy atom. The molecule has 0 aliphatic heterocycles. The minimum atomic E-state index is 0. The van der Waals surface area contributed by atoms with Gasteiger partial charge in [-0.2, -0.15) is 0 Å². The van der Waals surface area contributed by atoms with Crippen molar-refractivity contribution in [1.29, 1.82) is 0 Å². The largest absolute Gasteiger partial charge is 0.305 e. The highest BCUT2D eigenvalue weighted by Gasteiger charge is 2.07. The molecule has 2 heteroatoms. The van der Waals surface area contributed by atoms with Crippen LogP contribution in [0.4, 0.5) is 0 Å². The van der Waals surface area contributed by atoms with E-state index in [1.807, 2.05) is 0 Å². The summed E-state index contributed by atoms with van der Waals surface area (Å²) in [5.41, 5.74) is 5.45. The van der Waals surface area contributed by atoms with Gasteiger partial charge in [-0.05, 0) is 42.3 Å². The summed E-state index contributed by atoms with van der Waals surface area (Å²) in [4.78, 5) is 2.21. The van der Waals surface area contributed by atoms with Crippen LogP contribution in [0.5, 0.6) is 0 Å². The van der Waals surface area contributed by atoms with Crippen LogP contribution in [0.1, 0.15) is 30.9 Å². The molecule has 0 aliphatic rings. The van der Waals surface area contributed by atoms with Gasteiger partial charge in [0.05, 0.1) is 0 Å². The molecule has 2 aromatic carbocycles. The van der Waals surface area contributed by atoms with E-state index in [4.69, 9.17) is 0 Å². The van der Waals surface area contributed by atoms with Crippen LogP contribution in [-0.4, -0.2) is 19.0 Å². The maximum atomic E-state index is 2.32. The molecule has 20 heavy (non-hydrogen) atoms. The van der Waals surface area contributed by atoms with E-state index < -0.39 is 0 Å². The zero-order valence-corrected chi connectivity index (χ0v) is 13.6. The molecule has 1 nitrogen and oxygen atoms in total. The molecular weight excluding hydrogens is 266 g/mol. The van der Waals surface area contributed by atoms with Gasteiger partial charge in [0.2, 0.25) is 0 Å². The Morgan fingerprint density at radius 2 is 1.65 bits per heavy atom. The van der Waals surface area contributed by atoms with Crippen molar-refractivity contribution in [3.63, 3.8) is 0 Å². The third-order valence-electron chi connectivity index (χ3n) is 3.37. The molecule has 0 bridgehead atoms. The van der Waals surface area contributed by atoms with E-state index in [0.29, 0.717) is 5.92 Å². The smallest absolute Gasteiger partial charge is 0.0233 e. The molecule has 0 spiro atoms. The monoisotopic (exact) mass is 289 g/mol. The summed E-state index contributed by atoms with van der Waals surface area (Å²) in [7, 11) is 4.22. The Balaban J connectivity index is 0.00000200. The molecule has 0 saturated heterocycles. The van der Waals surface area contributed by atoms with Crippen molar-refractivity contribution in [3.05, 3.63) is 59.7 Å². The van der Waals surface area contributed by atoms with Crippen LogP contribution in [-0.2, 0) is 6.54 Å². The van der Waals surface area contributed by atoms with Crippen molar-refractivity contribution in [1.82, 2.24) is 4.90 Å². The lowest BCUT2D eigenvalue weighted by Gasteiger charge is -2.15. The highest BCUT2D eigenvalue weighted by atomic mass is 35.5. The maximum Gasteiger partial charge on any atom is 0.0233 e. The zero-order valence-electron chi connectivity index (χ0n) is 12.8. The zero-order chi connectivity index (χ0) is 13.8. The van der Waals surface area contributed by atoms with E-state index in [2.05, 4.69) is 81.4 Å². The van der Waals surface area contributed by atoms with Crippen LogP contribution in [0, 0.1) is 0 Å². The summed E-state index contributed by atoms with van der Waals surface area (Å²) in [5, 5.41) is 0. The SMILES string of the molecule is CC(C)c1cccc(-c2ccccc2CN(C)C)c1.Cl. The van der Waals surface area contributed by atoms with Crippen molar-refractivity contribution in [3.8, 4) is 11.1 Å². The number of hydrogen-bond acceptors (Lipinski definition) is 1. The van der Waals surface area contributed by atoms with Gasteiger partial charge in [-0.25, -0.2) is 0 Å². The highest BCUT2D eigenvalue weighted by molar-refractivity contribution is 5.85. The van der Waals surface area contributed by atoms with Gasteiger partial charge in [-0.1, -0.05) is 62.4 Å². The standard InChI is InChI=1S/C18H23N.ClH/c1-14(2)15-9-7-10-16(12-15)18-11-6-5-8-17(18)13-19(3)4;/h5-12,14H,13H2,1-4H3;1H. The minimum Gasteiger partial charge on any atom is -0.305 e. The topological polar surface area (TPSA) is 3.24 Å². The predicted molar refractivity (Wildman–Crippen MR) is 90.6 cm³/mol. The predicted octanol–water partition coefficient (Wildman–Crippen LogP) is 4.96.